The quantitative estimate of drug-likeness (QED) is 0.766. The summed E-state index contributed by atoms with van der Waals surface area (Å²) in [6.45, 7) is 0. The summed E-state index contributed by atoms with van der Waals surface area (Å²) in [4.78, 5) is 16.8. The molecule has 1 fully saturated rings. The average Bonchev–Trinajstić information content (AvgIpc) is 2.84. The molecule has 0 unspecified atom stereocenters. The van der Waals surface area contributed by atoms with Crippen molar-refractivity contribution in [3.63, 3.8) is 0 Å². The predicted octanol–water partition coefficient (Wildman–Crippen LogP) is 4.59. The van der Waals surface area contributed by atoms with Crippen LogP contribution in [0.1, 0.15) is 5.56 Å². The molecule has 0 aromatic heterocycles. The van der Waals surface area contributed by atoms with Crippen molar-refractivity contribution in [2.75, 3.05) is 0 Å². The highest BCUT2D eigenvalue weighted by molar-refractivity contribution is 8.18. The molecular weight excluding hydrogens is 355 g/mol. The number of nitrogens with one attached hydrogen (secondary N) is 1. The molecule has 0 bridgehead atoms. The first-order chi connectivity index (χ1) is 11.0. The molecule has 0 spiro atoms. The van der Waals surface area contributed by atoms with Gasteiger partial charge in [-0.2, -0.15) is 0 Å². The Morgan fingerprint density at radius 3 is 2.57 bits per heavy atom. The zero-order valence-electron chi connectivity index (χ0n) is 11.6. The van der Waals surface area contributed by atoms with E-state index >= 15 is 0 Å². The van der Waals surface area contributed by atoms with Gasteiger partial charge in [-0.15, -0.1) is 0 Å². The third-order valence-electron chi connectivity index (χ3n) is 2.98. The highest BCUT2D eigenvalue weighted by Gasteiger charge is 2.24. The van der Waals surface area contributed by atoms with E-state index in [0.29, 0.717) is 31.4 Å². The maximum absolute atomic E-state index is 12.0. The summed E-state index contributed by atoms with van der Waals surface area (Å²) in [6, 6.07) is 11.5. The zero-order valence-corrected chi connectivity index (χ0v) is 13.9. The summed E-state index contributed by atoms with van der Waals surface area (Å²) in [5, 5.41) is 13.4. The van der Waals surface area contributed by atoms with Gasteiger partial charge in [0.2, 0.25) is 0 Å². The lowest BCUT2D eigenvalue weighted by Gasteiger charge is -1.99. The van der Waals surface area contributed by atoms with Gasteiger partial charge in [0, 0.05) is 10.0 Å². The lowest BCUT2D eigenvalue weighted by atomic mass is 10.2. The van der Waals surface area contributed by atoms with Crippen molar-refractivity contribution in [3.05, 3.63) is 63.0 Å². The second kappa shape index (κ2) is 6.66. The van der Waals surface area contributed by atoms with Crippen molar-refractivity contribution in [3.8, 4) is 5.75 Å². The Morgan fingerprint density at radius 1 is 1.13 bits per heavy atom. The third-order valence-corrected chi connectivity index (χ3v) is 4.45. The minimum Gasteiger partial charge on any atom is -0.508 e. The lowest BCUT2D eigenvalue weighted by Crippen LogP contribution is -2.19. The van der Waals surface area contributed by atoms with Crippen molar-refractivity contribution >= 4 is 57.8 Å². The van der Waals surface area contributed by atoms with Crippen LogP contribution in [0.15, 0.2) is 52.4 Å². The number of phenolic OH excluding ortho intramolecular Hbond substituents is 1. The van der Waals surface area contributed by atoms with Crippen LogP contribution in [-0.4, -0.2) is 16.2 Å². The van der Waals surface area contributed by atoms with E-state index in [-0.39, 0.29) is 11.7 Å². The van der Waals surface area contributed by atoms with E-state index in [2.05, 4.69) is 10.3 Å². The van der Waals surface area contributed by atoms with Crippen LogP contribution in [0.4, 0.5) is 5.69 Å². The highest BCUT2D eigenvalue weighted by atomic mass is 35.5. The molecule has 3 rings (SSSR count). The molecule has 2 N–H and O–H groups in total. The molecule has 0 atom stereocenters. The summed E-state index contributed by atoms with van der Waals surface area (Å²) in [5.74, 6) is -0.0754. The normalized spacial score (nSPS) is 17.7. The molecule has 4 nitrogen and oxygen atoms in total. The Labute approximate surface area is 146 Å². The maximum atomic E-state index is 12.0. The molecule has 23 heavy (non-hydrogen) atoms. The Balaban J connectivity index is 1.84. The van der Waals surface area contributed by atoms with Crippen LogP contribution in [0.25, 0.3) is 6.08 Å². The molecule has 7 heteroatoms. The molecule has 116 valence electrons. The molecule has 1 saturated heterocycles. The predicted molar refractivity (Wildman–Crippen MR) is 95.4 cm³/mol. The van der Waals surface area contributed by atoms with Gasteiger partial charge in [-0.25, -0.2) is 4.99 Å². The number of rotatable bonds is 2. The van der Waals surface area contributed by atoms with E-state index in [1.165, 1.54) is 23.9 Å². The standard InChI is InChI=1S/C16H10Cl2N2O2S/c17-10-2-1-9(13(18)8-10)7-14-15(22)20-16(23-14)19-11-3-5-12(21)6-4-11/h1-8,21H,(H,19,20,22). The van der Waals surface area contributed by atoms with Gasteiger partial charge in [0.1, 0.15) is 5.75 Å². The summed E-state index contributed by atoms with van der Waals surface area (Å²) in [5.41, 5.74) is 1.34. The van der Waals surface area contributed by atoms with Gasteiger partial charge in [0.15, 0.2) is 5.17 Å². The van der Waals surface area contributed by atoms with Gasteiger partial charge in [0.25, 0.3) is 5.91 Å². The van der Waals surface area contributed by atoms with Gasteiger partial charge >= 0.3 is 0 Å². The summed E-state index contributed by atoms with van der Waals surface area (Å²) < 4.78 is 0. The largest absolute Gasteiger partial charge is 0.508 e. The topological polar surface area (TPSA) is 61.7 Å². The summed E-state index contributed by atoms with van der Waals surface area (Å²) in [7, 11) is 0. The fraction of sp³-hybridized carbons (Fsp3) is 0. The van der Waals surface area contributed by atoms with Crippen molar-refractivity contribution in [1.82, 2.24) is 5.32 Å². The van der Waals surface area contributed by atoms with E-state index < -0.39 is 0 Å². The van der Waals surface area contributed by atoms with Gasteiger partial charge in [0.05, 0.1) is 10.6 Å². The zero-order chi connectivity index (χ0) is 16.4. The fourth-order valence-electron chi connectivity index (χ4n) is 1.88. The second-order valence-electron chi connectivity index (χ2n) is 4.66. The maximum Gasteiger partial charge on any atom is 0.264 e. The minimum atomic E-state index is -0.237. The molecule has 1 heterocycles. The van der Waals surface area contributed by atoms with Gasteiger partial charge in [-0.3, -0.25) is 4.79 Å². The first-order valence-corrected chi connectivity index (χ1v) is 8.12. The smallest absolute Gasteiger partial charge is 0.264 e. The van der Waals surface area contributed by atoms with Crippen LogP contribution < -0.4 is 5.32 Å². The highest BCUT2D eigenvalue weighted by Crippen LogP contribution is 2.31. The van der Waals surface area contributed by atoms with Crippen molar-refractivity contribution in [1.29, 1.82) is 0 Å². The average molecular weight is 365 g/mol. The molecule has 2 aromatic carbocycles. The van der Waals surface area contributed by atoms with Gasteiger partial charge < -0.3 is 10.4 Å². The minimum absolute atomic E-state index is 0.162. The number of carbonyl (C=O) groups excluding carboxylic acids is 1. The van der Waals surface area contributed by atoms with Crippen LogP contribution in [0.3, 0.4) is 0 Å². The van der Waals surface area contributed by atoms with E-state index in [1.54, 1.807) is 36.4 Å². The van der Waals surface area contributed by atoms with Crippen LogP contribution >= 0.6 is 35.0 Å². The molecule has 1 aliphatic rings. The van der Waals surface area contributed by atoms with Crippen molar-refractivity contribution in [2.45, 2.75) is 0 Å². The number of amidine groups is 1. The van der Waals surface area contributed by atoms with Gasteiger partial charge in [-0.05, 0) is 59.8 Å². The van der Waals surface area contributed by atoms with Crippen LogP contribution in [0, 0.1) is 0 Å². The molecule has 0 aliphatic carbocycles. The third kappa shape index (κ3) is 3.88. The van der Waals surface area contributed by atoms with E-state index in [9.17, 15) is 9.90 Å². The number of aliphatic imine (C=N–C) groups is 1. The molecule has 0 radical (unpaired) electrons. The number of halogens is 2. The van der Waals surface area contributed by atoms with Crippen LogP contribution in [0.2, 0.25) is 10.0 Å². The number of benzene rings is 2. The van der Waals surface area contributed by atoms with Crippen LogP contribution in [-0.2, 0) is 4.79 Å². The van der Waals surface area contributed by atoms with Crippen LogP contribution in [0.5, 0.6) is 5.75 Å². The van der Waals surface area contributed by atoms with E-state index in [4.69, 9.17) is 23.2 Å². The lowest BCUT2D eigenvalue weighted by molar-refractivity contribution is -0.115. The number of phenols is 1. The summed E-state index contributed by atoms with van der Waals surface area (Å²) >= 11 is 13.2. The number of thioether (sulfide) groups is 1. The Bertz CT molecular complexity index is 832. The van der Waals surface area contributed by atoms with Gasteiger partial charge in [-0.1, -0.05) is 29.3 Å². The molecule has 1 amide bonds. The Morgan fingerprint density at radius 2 is 1.87 bits per heavy atom. The number of amides is 1. The number of nitrogens with zero attached hydrogens (tertiary/aromatic N) is 1. The Hall–Kier alpha value is -1.95. The number of carbonyl (C=O) groups is 1. The molecule has 0 saturated carbocycles. The first kappa shape index (κ1) is 15.9. The Kier molecular flexibility index (Phi) is 4.61. The monoisotopic (exact) mass is 364 g/mol. The van der Waals surface area contributed by atoms with Crippen molar-refractivity contribution < 1.29 is 9.90 Å². The molecular formula is C16H10Cl2N2O2S. The molecule has 2 aromatic rings. The second-order valence-corrected chi connectivity index (χ2v) is 6.54. The van der Waals surface area contributed by atoms with E-state index in [0.717, 1.165) is 0 Å². The first-order valence-electron chi connectivity index (χ1n) is 6.55. The number of aromatic hydroxyl groups is 1. The fourth-order valence-corrected chi connectivity index (χ4v) is 3.18. The number of hydrogen-bond donors (Lipinski definition) is 2. The van der Waals surface area contributed by atoms with E-state index in [1.807, 2.05) is 0 Å². The van der Waals surface area contributed by atoms with Crippen molar-refractivity contribution in [2.24, 2.45) is 4.99 Å². The SMILES string of the molecule is O=C1NC(=Nc2ccc(O)cc2)SC1=Cc1ccc(Cl)cc1Cl. The summed E-state index contributed by atoms with van der Waals surface area (Å²) in [6.07, 6.45) is 1.69. The molecule has 1 aliphatic heterocycles. The number of hydrogen-bond acceptors (Lipinski definition) is 4.